The van der Waals surface area contributed by atoms with Crippen LogP contribution in [-0.4, -0.2) is 97.1 Å². The molecule has 182 valence electrons. The molecule has 8 nitrogen and oxygen atoms in total. The van der Waals surface area contributed by atoms with Gasteiger partial charge in [-0.25, -0.2) is 0 Å². The normalized spacial score (nSPS) is 17.6. The van der Waals surface area contributed by atoms with Crippen LogP contribution in [0.15, 0.2) is 42.5 Å². The second-order valence-corrected chi connectivity index (χ2v) is 9.22. The largest absolute Gasteiger partial charge is 0.506 e. The lowest BCUT2D eigenvalue weighted by Gasteiger charge is -2.38. The standard InChI is InChI=1S/C26H35N5O3/c1-20-6-5-7-21(2)26(20)27-24(33)18-28-12-16-31(17-13-28)25(34)19-29-10-14-30(15-11-29)22-8-3-4-9-23(22)32/h3-9,32H,10-19H2,1-2H3,(H,27,33). The van der Waals surface area contributed by atoms with Crippen molar-refractivity contribution in [2.24, 2.45) is 0 Å². The van der Waals surface area contributed by atoms with E-state index in [4.69, 9.17) is 0 Å². The monoisotopic (exact) mass is 465 g/mol. The van der Waals surface area contributed by atoms with Crippen molar-refractivity contribution in [3.8, 4) is 5.75 Å². The fourth-order valence-corrected chi connectivity index (χ4v) is 4.72. The lowest BCUT2D eigenvalue weighted by Crippen LogP contribution is -2.54. The van der Waals surface area contributed by atoms with Crippen molar-refractivity contribution in [3.05, 3.63) is 53.6 Å². The number of para-hydroxylation sites is 3. The van der Waals surface area contributed by atoms with Crippen LogP contribution in [0.25, 0.3) is 0 Å². The molecule has 0 aliphatic carbocycles. The number of aryl methyl sites for hydroxylation is 2. The number of nitrogens with zero attached hydrogens (tertiary/aromatic N) is 4. The summed E-state index contributed by atoms with van der Waals surface area (Å²) in [7, 11) is 0. The minimum absolute atomic E-state index is 0.0144. The van der Waals surface area contributed by atoms with Gasteiger partial charge in [-0.2, -0.15) is 0 Å². The molecule has 2 fully saturated rings. The summed E-state index contributed by atoms with van der Waals surface area (Å²) in [5, 5.41) is 13.1. The molecule has 4 rings (SSSR count). The van der Waals surface area contributed by atoms with Gasteiger partial charge in [-0.05, 0) is 37.1 Å². The van der Waals surface area contributed by atoms with E-state index >= 15 is 0 Å². The molecule has 2 amide bonds. The molecule has 0 atom stereocenters. The van der Waals surface area contributed by atoms with E-state index in [1.807, 2.05) is 55.1 Å². The van der Waals surface area contributed by atoms with Crippen LogP contribution in [0.5, 0.6) is 5.75 Å². The Hall–Kier alpha value is -3.10. The lowest BCUT2D eigenvalue weighted by molar-refractivity contribution is -0.134. The molecule has 2 aliphatic heterocycles. The van der Waals surface area contributed by atoms with Crippen molar-refractivity contribution in [2.75, 3.05) is 75.7 Å². The van der Waals surface area contributed by atoms with Crippen LogP contribution < -0.4 is 10.2 Å². The maximum absolute atomic E-state index is 12.8. The van der Waals surface area contributed by atoms with E-state index < -0.39 is 0 Å². The second kappa shape index (κ2) is 10.9. The molecule has 0 saturated carbocycles. The molecule has 2 saturated heterocycles. The van der Waals surface area contributed by atoms with Crippen LogP contribution in [0.2, 0.25) is 0 Å². The van der Waals surface area contributed by atoms with Crippen molar-refractivity contribution in [2.45, 2.75) is 13.8 Å². The Balaban J connectivity index is 1.18. The Morgan fingerprint density at radius 3 is 2.03 bits per heavy atom. The molecule has 0 radical (unpaired) electrons. The summed E-state index contributed by atoms with van der Waals surface area (Å²) in [5.41, 5.74) is 3.87. The number of carbonyl (C=O) groups excluding carboxylic acids is 2. The fraction of sp³-hybridized carbons (Fsp3) is 0.462. The average Bonchev–Trinajstić information content (AvgIpc) is 2.83. The van der Waals surface area contributed by atoms with Gasteiger partial charge in [0.05, 0.1) is 18.8 Å². The van der Waals surface area contributed by atoms with Gasteiger partial charge >= 0.3 is 0 Å². The Morgan fingerprint density at radius 1 is 0.794 bits per heavy atom. The van der Waals surface area contributed by atoms with Crippen LogP contribution in [0.4, 0.5) is 11.4 Å². The molecular weight excluding hydrogens is 430 g/mol. The van der Waals surface area contributed by atoms with Crippen LogP contribution in [0.3, 0.4) is 0 Å². The molecule has 2 aromatic carbocycles. The summed E-state index contributed by atoms with van der Waals surface area (Å²) in [5.74, 6) is 0.433. The predicted molar refractivity (Wildman–Crippen MR) is 134 cm³/mol. The van der Waals surface area contributed by atoms with Gasteiger partial charge in [-0.1, -0.05) is 30.3 Å². The van der Waals surface area contributed by atoms with Gasteiger partial charge in [0.1, 0.15) is 5.75 Å². The molecule has 8 heteroatoms. The summed E-state index contributed by atoms with van der Waals surface area (Å²) >= 11 is 0. The smallest absolute Gasteiger partial charge is 0.238 e. The van der Waals surface area contributed by atoms with Crippen LogP contribution in [0, 0.1) is 13.8 Å². The third-order valence-corrected chi connectivity index (χ3v) is 6.79. The Morgan fingerprint density at radius 2 is 1.38 bits per heavy atom. The van der Waals surface area contributed by atoms with E-state index in [1.54, 1.807) is 6.07 Å². The molecule has 2 heterocycles. The highest BCUT2D eigenvalue weighted by Crippen LogP contribution is 2.27. The fourth-order valence-electron chi connectivity index (χ4n) is 4.72. The number of piperazine rings is 2. The molecule has 2 N–H and O–H groups in total. The number of anilines is 2. The van der Waals surface area contributed by atoms with E-state index in [2.05, 4.69) is 20.0 Å². The maximum atomic E-state index is 12.8. The highest BCUT2D eigenvalue weighted by molar-refractivity contribution is 5.93. The van der Waals surface area contributed by atoms with Gasteiger partial charge in [0, 0.05) is 58.0 Å². The van der Waals surface area contributed by atoms with Crippen LogP contribution in [0.1, 0.15) is 11.1 Å². The first-order valence-corrected chi connectivity index (χ1v) is 12.0. The Kier molecular flexibility index (Phi) is 7.70. The predicted octanol–water partition coefficient (Wildman–Crippen LogP) is 1.91. The Bertz CT molecular complexity index is 991. The van der Waals surface area contributed by atoms with Gasteiger partial charge in [0.25, 0.3) is 0 Å². The number of rotatable bonds is 6. The molecule has 2 aliphatic rings. The van der Waals surface area contributed by atoms with Gasteiger partial charge in [0.15, 0.2) is 0 Å². The Labute approximate surface area is 201 Å². The summed E-state index contributed by atoms with van der Waals surface area (Å²) < 4.78 is 0. The topological polar surface area (TPSA) is 79.4 Å². The number of hydrogen-bond donors (Lipinski definition) is 2. The summed E-state index contributed by atoms with van der Waals surface area (Å²) in [6.07, 6.45) is 0. The van der Waals surface area contributed by atoms with Gasteiger partial charge in [-0.3, -0.25) is 19.4 Å². The SMILES string of the molecule is Cc1cccc(C)c1NC(=O)CN1CCN(C(=O)CN2CCN(c3ccccc3O)CC2)CC1. The summed E-state index contributed by atoms with van der Waals surface area (Å²) in [4.78, 5) is 33.8. The number of phenols is 1. The van der Waals surface area contributed by atoms with Crippen molar-refractivity contribution in [3.63, 3.8) is 0 Å². The number of nitrogens with one attached hydrogen (secondary N) is 1. The maximum Gasteiger partial charge on any atom is 0.238 e. The third kappa shape index (κ3) is 5.87. The number of hydrogen-bond acceptors (Lipinski definition) is 6. The zero-order valence-electron chi connectivity index (χ0n) is 20.2. The second-order valence-electron chi connectivity index (χ2n) is 9.22. The van der Waals surface area contributed by atoms with Crippen LogP contribution >= 0.6 is 0 Å². The van der Waals surface area contributed by atoms with Crippen molar-refractivity contribution >= 4 is 23.2 Å². The first kappa shape index (κ1) is 24.0. The van der Waals surface area contributed by atoms with Crippen molar-refractivity contribution in [1.29, 1.82) is 0 Å². The van der Waals surface area contributed by atoms with E-state index in [0.717, 1.165) is 48.7 Å². The van der Waals surface area contributed by atoms with Gasteiger partial charge < -0.3 is 20.2 Å². The number of carbonyl (C=O) groups is 2. The molecule has 0 bridgehead atoms. The third-order valence-electron chi connectivity index (χ3n) is 6.79. The van der Waals surface area contributed by atoms with E-state index in [0.29, 0.717) is 45.0 Å². The summed E-state index contributed by atoms with van der Waals surface area (Å²) in [6.45, 7) is 10.6. The number of benzene rings is 2. The van der Waals surface area contributed by atoms with E-state index in [-0.39, 0.29) is 11.8 Å². The van der Waals surface area contributed by atoms with Gasteiger partial charge in [0.2, 0.25) is 11.8 Å². The molecule has 34 heavy (non-hydrogen) atoms. The highest BCUT2D eigenvalue weighted by atomic mass is 16.3. The first-order valence-electron chi connectivity index (χ1n) is 12.0. The zero-order valence-corrected chi connectivity index (χ0v) is 20.2. The quantitative estimate of drug-likeness (QED) is 0.679. The zero-order chi connectivity index (χ0) is 24.1. The molecule has 0 aromatic heterocycles. The van der Waals surface area contributed by atoms with Gasteiger partial charge in [-0.15, -0.1) is 0 Å². The lowest BCUT2D eigenvalue weighted by atomic mass is 10.1. The number of phenolic OH excluding ortho intramolecular Hbond substituents is 1. The number of amides is 2. The summed E-state index contributed by atoms with van der Waals surface area (Å²) in [6, 6.07) is 13.4. The first-order chi connectivity index (χ1) is 16.4. The van der Waals surface area contributed by atoms with Crippen molar-refractivity contribution < 1.29 is 14.7 Å². The highest BCUT2D eigenvalue weighted by Gasteiger charge is 2.26. The minimum Gasteiger partial charge on any atom is -0.506 e. The minimum atomic E-state index is -0.0144. The molecular formula is C26H35N5O3. The molecule has 2 aromatic rings. The van der Waals surface area contributed by atoms with E-state index in [9.17, 15) is 14.7 Å². The molecule has 0 spiro atoms. The number of aromatic hydroxyl groups is 1. The molecule has 0 unspecified atom stereocenters. The van der Waals surface area contributed by atoms with Crippen LogP contribution in [-0.2, 0) is 9.59 Å². The van der Waals surface area contributed by atoms with Crippen molar-refractivity contribution in [1.82, 2.24) is 14.7 Å². The average molecular weight is 466 g/mol. The van der Waals surface area contributed by atoms with E-state index in [1.165, 1.54) is 0 Å².